The van der Waals surface area contributed by atoms with Crippen LogP contribution in [0.2, 0.25) is 0 Å². The number of amides is 1. The summed E-state index contributed by atoms with van der Waals surface area (Å²) in [6.45, 7) is 6.41. The normalized spacial score (nSPS) is 12.6. The number of hydrogen-bond donors (Lipinski definition) is 1. The van der Waals surface area contributed by atoms with Crippen molar-refractivity contribution in [3.05, 3.63) is 31.8 Å². The van der Waals surface area contributed by atoms with E-state index in [-0.39, 0.29) is 11.9 Å². The SMILES string of the molecule is CCC(CC)C(C)NC(=O)c1cc(I)ccc1Br. The summed E-state index contributed by atoms with van der Waals surface area (Å²) in [7, 11) is 0. The molecule has 0 aliphatic rings. The smallest absolute Gasteiger partial charge is 0.252 e. The van der Waals surface area contributed by atoms with Crippen molar-refractivity contribution in [1.29, 1.82) is 0 Å². The van der Waals surface area contributed by atoms with E-state index in [1.54, 1.807) is 0 Å². The van der Waals surface area contributed by atoms with Gasteiger partial charge < -0.3 is 5.32 Å². The second-order valence-corrected chi connectivity index (χ2v) is 6.56. The standard InChI is InChI=1S/C14H19BrINO/c1-4-10(5-2)9(3)17-14(18)12-8-11(16)6-7-13(12)15/h6-10H,4-5H2,1-3H3,(H,17,18). The maximum absolute atomic E-state index is 12.2. The van der Waals surface area contributed by atoms with E-state index < -0.39 is 0 Å². The van der Waals surface area contributed by atoms with Crippen LogP contribution in [0.1, 0.15) is 44.0 Å². The molecule has 0 heterocycles. The van der Waals surface area contributed by atoms with Gasteiger partial charge in [0.1, 0.15) is 0 Å². The monoisotopic (exact) mass is 423 g/mol. The Kier molecular flexibility index (Phi) is 6.63. The van der Waals surface area contributed by atoms with Crippen LogP contribution >= 0.6 is 38.5 Å². The maximum Gasteiger partial charge on any atom is 0.252 e. The van der Waals surface area contributed by atoms with E-state index in [1.165, 1.54) is 0 Å². The highest BCUT2D eigenvalue weighted by molar-refractivity contribution is 14.1. The molecule has 0 fully saturated rings. The van der Waals surface area contributed by atoms with E-state index in [9.17, 15) is 4.79 Å². The van der Waals surface area contributed by atoms with Crippen LogP contribution in [0.15, 0.2) is 22.7 Å². The van der Waals surface area contributed by atoms with Crippen LogP contribution in [-0.4, -0.2) is 11.9 Å². The molecule has 0 aliphatic carbocycles. The molecule has 1 unspecified atom stereocenters. The number of carbonyl (C=O) groups excluding carboxylic acids is 1. The molecular formula is C14H19BrINO. The van der Waals surface area contributed by atoms with Crippen molar-refractivity contribution in [3.63, 3.8) is 0 Å². The molecule has 2 nitrogen and oxygen atoms in total. The average Bonchev–Trinajstić information content (AvgIpc) is 2.33. The Hall–Kier alpha value is -0.100. The Labute approximate surface area is 131 Å². The molecule has 0 spiro atoms. The topological polar surface area (TPSA) is 29.1 Å². The van der Waals surface area contributed by atoms with Gasteiger partial charge in [-0.25, -0.2) is 0 Å². The summed E-state index contributed by atoms with van der Waals surface area (Å²) in [5, 5.41) is 3.09. The van der Waals surface area contributed by atoms with Crippen LogP contribution in [0.3, 0.4) is 0 Å². The minimum atomic E-state index is -0.000194. The average molecular weight is 424 g/mol. The van der Waals surface area contributed by atoms with Gasteiger partial charge in [-0.2, -0.15) is 0 Å². The molecule has 0 aromatic heterocycles. The number of carbonyl (C=O) groups is 1. The fraction of sp³-hybridized carbons (Fsp3) is 0.500. The van der Waals surface area contributed by atoms with Crippen molar-refractivity contribution < 1.29 is 4.79 Å². The zero-order valence-corrected chi connectivity index (χ0v) is 14.7. The molecule has 1 amide bonds. The van der Waals surface area contributed by atoms with Gasteiger partial charge in [0.15, 0.2) is 0 Å². The van der Waals surface area contributed by atoms with E-state index in [4.69, 9.17) is 0 Å². The number of hydrogen-bond acceptors (Lipinski definition) is 1. The summed E-state index contributed by atoms with van der Waals surface area (Å²) in [6, 6.07) is 6.00. The molecule has 100 valence electrons. The number of halogens is 2. The molecule has 1 aromatic carbocycles. The summed E-state index contributed by atoms with van der Waals surface area (Å²) >= 11 is 5.64. The lowest BCUT2D eigenvalue weighted by Gasteiger charge is -2.22. The van der Waals surface area contributed by atoms with Crippen molar-refractivity contribution in [3.8, 4) is 0 Å². The van der Waals surface area contributed by atoms with Crippen molar-refractivity contribution in [2.45, 2.75) is 39.7 Å². The van der Waals surface area contributed by atoms with E-state index in [0.717, 1.165) is 20.9 Å². The van der Waals surface area contributed by atoms with Crippen LogP contribution in [-0.2, 0) is 0 Å². The van der Waals surface area contributed by atoms with Gasteiger partial charge in [0, 0.05) is 14.1 Å². The van der Waals surface area contributed by atoms with Gasteiger partial charge in [-0.1, -0.05) is 26.7 Å². The minimum Gasteiger partial charge on any atom is -0.349 e. The first-order valence-electron chi connectivity index (χ1n) is 6.25. The van der Waals surface area contributed by atoms with E-state index in [1.807, 2.05) is 18.2 Å². The largest absolute Gasteiger partial charge is 0.349 e. The lowest BCUT2D eigenvalue weighted by Crippen LogP contribution is -2.37. The van der Waals surface area contributed by atoms with E-state index >= 15 is 0 Å². The fourth-order valence-electron chi connectivity index (χ4n) is 2.07. The summed E-state index contributed by atoms with van der Waals surface area (Å²) in [5.41, 5.74) is 0.708. The van der Waals surface area contributed by atoms with Gasteiger partial charge in [-0.05, 0) is 69.6 Å². The molecule has 0 saturated carbocycles. The van der Waals surface area contributed by atoms with Crippen LogP contribution in [0, 0.1) is 9.49 Å². The lowest BCUT2D eigenvalue weighted by molar-refractivity contribution is 0.0924. The van der Waals surface area contributed by atoms with Gasteiger partial charge >= 0.3 is 0 Å². The molecular weight excluding hydrogens is 405 g/mol. The Morgan fingerprint density at radius 1 is 1.39 bits per heavy atom. The molecule has 0 saturated heterocycles. The summed E-state index contributed by atoms with van der Waals surface area (Å²) in [6.07, 6.45) is 2.18. The predicted octanol–water partition coefficient (Wildman–Crippen LogP) is 4.61. The van der Waals surface area contributed by atoms with E-state index in [2.05, 4.69) is 64.6 Å². The zero-order chi connectivity index (χ0) is 13.7. The third-order valence-corrected chi connectivity index (χ3v) is 4.65. The van der Waals surface area contributed by atoms with Gasteiger partial charge in [-0.15, -0.1) is 0 Å². The Bertz CT molecular complexity index is 418. The highest BCUT2D eigenvalue weighted by Crippen LogP contribution is 2.20. The highest BCUT2D eigenvalue weighted by Gasteiger charge is 2.18. The van der Waals surface area contributed by atoms with Gasteiger partial charge in [0.25, 0.3) is 5.91 Å². The third-order valence-electron chi connectivity index (χ3n) is 3.29. The second-order valence-electron chi connectivity index (χ2n) is 4.46. The Morgan fingerprint density at radius 3 is 2.56 bits per heavy atom. The maximum atomic E-state index is 12.2. The summed E-state index contributed by atoms with van der Waals surface area (Å²) in [5.74, 6) is 0.537. The first-order valence-corrected chi connectivity index (χ1v) is 8.12. The van der Waals surface area contributed by atoms with Crippen molar-refractivity contribution in [2.24, 2.45) is 5.92 Å². The third kappa shape index (κ3) is 4.23. The minimum absolute atomic E-state index is 0.000194. The second kappa shape index (κ2) is 7.48. The molecule has 0 bridgehead atoms. The summed E-state index contributed by atoms with van der Waals surface area (Å²) in [4.78, 5) is 12.2. The first-order chi connectivity index (χ1) is 8.49. The molecule has 1 atom stereocenters. The number of nitrogens with one attached hydrogen (secondary N) is 1. The van der Waals surface area contributed by atoms with Crippen LogP contribution < -0.4 is 5.32 Å². The molecule has 4 heteroatoms. The Balaban J connectivity index is 2.79. The summed E-state index contributed by atoms with van der Waals surface area (Å²) < 4.78 is 1.91. The van der Waals surface area contributed by atoms with Gasteiger partial charge in [0.2, 0.25) is 0 Å². The zero-order valence-electron chi connectivity index (χ0n) is 11.0. The number of rotatable bonds is 5. The highest BCUT2D eigenvalue weighted by atomic mass is 127. The van der Waals surface area contributed by atoms with Crippen LogP contribution in [0.4, 0.5) is 0 Å². The predicted molar refractivity (Wildman–Crippen MR) is 87.9 cm³/mol. The molecule has 1 N–H and O–H groups in total. The lowest BCUT2D eigenvalue weighted by atomic mass is 9.95. The first kappa shape index (κ1) is 16.0. The van der Waals surface area contributed by atoms with E-state index in [0.29, 0.717) is 11.5 Å². The van der Waals surface area contributed by atoms with Crippen LogP contribution in [0.5, 0.6) is 0 Å². The molecule has 1 rings (SSSR count). The van der Waals surface area contributed by atoms with Crippen molar-refractivity contribution >= 4 is 44.4 Å². The van der Waals surface area contributed by atoms with Crippen molar-refractivity contribution in [1.82, 2.24) is 5.32 Å². The Morgan fingerprint density at radius 2 is 2.00 bits per heavy atom. The molecule has 0 aliphatic heterocycles. The van der Waals surface area contributed by atoms with Gasteiger partial charge in [0.05, 0.1) is 5.56 Å². The quantitative estimate of drug-likeness (QED) is 0.688. The van der Waals surface area contributed by atoms with Crippen molar-refractivity contribution in [2.75, 3.05) is 0 Å². The fourth-order valence-corrected chi connectivity index (χ4v) is 2.99. The van der Waals surface area contributed by atoms with Crippen LogP contribution in [0.25, 0.3) is 0 Å². The molecule has 0 radical (unpaired) electrons. The molecule has 1 aromatic rings. The van der Waals surface area contributed by atoms with Gasteiger partial charge in [-0.3, -0.25) is 4.79 Å². The molecule has 18 heavy (non-hydrogen) atoms. The number of benzene rings is 1.